The maximum atomic E-state index is 5.82. The van der Waals surface area contributed by atoms with Crippen molar-refractivity contribution in [3.8, 4) is 5.75 Å². The molecule has 2 rings (SSSR count). The lowest BCUT2D eigenvalue weighted by atomic mass is 10.1. The fourth-order valence-electron chi connectivity index (χ4n) is 2.65. The van der Waals surface area contributed by atoms with Crippen molar-refractivity contribution in [3.63, 3.8) is 0 Å². The molecule has 4 heteroatoms. The quantitative estimate of drug-likeness (QED) is 0.710. The standard InChI is InChI=1S/C15H23ClN2O/c1-2-12-19-14-8-4-10-17-15(14)18-11-5-7-13(18)6-3-9-16/h4,8,10,13H,2-3,5-7,9,11-12H2,1H3. The molecule has 1 aliphatic rings. The highest BCUT2D eigenvalue weighted by atomic mass is 35.5. The number of hydrogen-bond donors (Lipinski definition) is 0. The Balaban J connectivity index is 2.10. The molecule has 0 aromatic carbocycles. The predicted molar refractivity (Wildman–Crippen MR) is 80.3 cm³/mol. The summed E-state index contributed by atoms with van der Waals surface area (Å²) in [6, 6.07) is 4.53. The molecule has 106 valence electrons. The molecule has 0 saturated carbocycles. The Morgan fingerprint density at radius 2 is 2.42 bits per heavy atom. The molecule has 1 aromatic heterocycles. The van der Waals surface area contributed by atoms with Gasteiger partial charge in [0.05, 0.1) is 6.61 Å². The average molecular weight is 283 g/mol. The number of alkyl halides is 1. The lowest BCUT2D eigenvalue weighted by Crippen LogP contribution is -2.30. The van der Waals surface area contributed by atoms with Crippen molar-refractivity contribution in [1.82, 2.24) is 4.98 Å². The minimum Gasteiger partial charge on any atom is -0.490 e. The molecule has 0 spiro atoms. The van der Waals surface area contributed by atoms with Crippen LogP contribution in [0.3, 0.4) is 0 Å². The van der Waals surface area contributed by atoms with Crippen molar-refractivity contribution in [1.29, 1.82) is 0 Å². The van der Waals surface area contributed by atoms with Gasteiger partial charge in [0, 0.05) is 24.7 Å². The minimum atomic E-state index is 0.567. The third kappa shape index (κ3) is 3.75. The van der Waals surface area contributed by atoms with Gasteiger partial charge in [-0.15, -0.1) is 11.6 Å². The largest absolute Gasteiger partial charge is 0.490 e. The monoisotopic (exact) mass is 282 g/mol. The van der Waals surface area contributed by atoms with Crippen LogP contribution in [-0.2, 0) is 0 Å². The second-order valence-electron chi connectivity index (χ2n) is 4.99. The van der Waals surface area contributed by atoms with Gasteiger partial charge in [-0.05, 0) is 44.2 Å². The first-order chi connectivity index (χ1) is 9.36. The molecular formula is C15H23ClN2O. The normalized spacial score (nSPS) is 18.8. The van der Waals surface area contributed by atoms with E-state index in [4.69, 9.17) is 16.3 Å². The number of rotatable bonds is 7. The van der Waals surface area contributed by atoms with Gasteiger partial charge < -0.3 is 9.64 Å². The van der Waals surface area contributed by atoms with Crippen molar-refractivity contribution < 1.29 is 4.74 Å². The number of aromatic nitrogens is 1. The topological polar surface area (TPSA) is 25.4 Å². The van der Waals surface area contributed by atoms with Gasteiger partial charge in [0.1, 0.15) is 0 Å². The lowest BCUT2D eigenvalue weighted by molar-refractivity contribution is 0.316. The van der Waals surface area contributed by atoms with Crippen LogP contribution in [0.5, 0.6) is 5.75 Å². The summed E-state index contributed by atoms with van der Waals surface area (Å²) in [6.45, 7) is 3.94. The van der Waals surface area contributed by atoms with E-state index in [9.17, 15) is 0 Å². The molecule has 1 saturated heterocycles. The van der Waals surface area contributed by atoms with Crippen LogP contribution in [0.2, 0.25) is 0 Å². The van der Waals surface area contributed by atoms with Gasteiger partial charge in [-0.2, -0.15) is 0 Å². The minimum absolute atomic E-state index is 0.567. The summed E-state index contributed by atoms with van der Waals surface area (Å²) in [5.74, 6) is 2.67. The molecule has 0 radical (unpaired) electrons. The highest BCUT2D eigenvalue weighted by Gasteiger charge is 2.27. The van der Waals surface area contributed by atoms with Crippen molar-refractivity contribution in [2.45, 2.75) is 45.1 Å². The Morgan fingerprint density at radius 3 is 3.21 bits per heavy atom. The molecule has 0 aliphatic carbocycles. The van der Waals surface area contributed by atoms with E-state index in [1.807, 2.05) is 18.3 Å². The average Bonchev–Trinajstić information content (AvgIpc) is 2.91. The SMILES string of the molecule is CCCOc1cccnc1N1CCCC1CCCCl. The van der Waals surface area contributed by atoms with Crippen molar-refractivity contribution in [2.75, 3.05) is 23.9 Å². The zero-order valence-electron chi connectivity index (χ0n) is 11.6. The van der Waals surface area contributed by atoms with E-state index < -0.39 is 0 Å². The molecule has 1 aromatic rings. The molecule has 1 aliphatic heterocycles. The first-order valence-electron chi connectivity index (χ1n) is 7.27. The van der Waals surface area contributed by atoms with Crippen molar-refractivity contribution >= 4 is 17.4 Å². The predicted octanol–water partition coefficient (Wildman–Crippen LogP) is 3.86. The highest BCUT2D eigenvalue weighted by molar-refractivity contribution is 6.17. The van der Waals surface area contributed by atoms with Gasteiger partial charge in [-0.3, -0.25) is 0 Å². The van der Waals surface area contributed by atoms with Crippen LogP contribution in [0.4, 0.5) is 5.82 Å². The van der Waals surface area contributed by atoms with Crippen LogP contribution < -0.4 is 9.64 Å². The number of anilines is 1. The summed E-state index contributed by atoms with van der Waals surface area (Å²) in [7, 11) is 0. The van der Waals surface area contributed by atoms with Gasteiger partial charge in [-0.25, -0.2) is 4.98 Å². The van der Waals surface area contributed by atoms with Gasteiger partial charge in [0.2, 0.25) is 0 Å². The number of ether oxygens (including phenoxy) is 1. The summed E-state index contributed by atoms with van der Waals surface area (Å²) in [5, 5.41) is 0. The first-order valence-corrected chi connectivity index (χ1v) is 7.80. The first kappa shape index (κ1) is 14.4. The summed E-state index contributed by atoms with van der Waals surface area (Å²) in [4.78, 5) is 6.94. The molecule has 2 heterocycles. The third-order valence-electron chi connectivity index (χ3n) is 3.53. The number of nitrogens with zero attached hydrogens (tertiary/aromatic N) is 2. The maximum Gasteiger partial charge on any atom is 0.171 e. The molecule has 1 atom stereocenters. The smallest absolute Gasteiger partial charge is 0.171 e. The van der Waals surface area contributed by atoms with E-state index in [1.54, 1.807) is 0 Å². The summed E-state index contributed by atoms with van der Waals surface area (Å²) in [5.41, 5.74) is 0. The fraction of sp³-hybridized carbons (Fsp3) is 0.667. The van der Waals surface area contributed by atoms with E-state index in [2.05, 4.69) is 16.8 Å². The number of halogens is 1. The zero-order valence-corrected chi connectivity index (χ0v) is 12.4. The Bertz CT molecular complexity index is 386. The van der Waals surface area contributed by atoms with Crippen LogP contribution in [-0.4, -0.2) is 30.1 Å². The van der Waals surface area contributed by atoms with Crippen LogP contribution in [0.1, 0.15) is 39.0 Å². The van der Waals surface area contributed by atoms with E-state index in [0.29, 0.717) is 6.04 Å². The van der Waals surface area contributed by atoms with E-state index in [1.165, 1.54) is 12.8 Å². The number of hydrogen-bond acceptors (Lipinski definition) is 3. The van der Waals surface area contributed by atoms with E-state index >= 15 is 0 Å². The Labute approximate surface area is 120 Å². The second kappa shape index (κ2) is 7.59. The molecule has 1 unspecified atom stereocenters. The Hall–Kier alpha value is -0.960. The van der Waals surface area contributed by atoms with Crippen LogP contribution in [0.15, 0.2) is 18.3 Å². The molecule has 1 fully saturated rings. The lowest BCUT2D eigenvalue weighted by Gasteiger charge is -2.27. The van der Waals surface area contributed by atoms with Gasteiger partial charge >= 0.3 is 0 Å². The summed E-state index contributed by atoms with van der Waals surface area (Å²) < 4.78 is 5.82. The second-order valence-corrected chi connectivity index (χ2v) is 5.37. The van der Waals surface area contributed by atoms with Crippen LogP contribution >= 0.6 is 11.6 Å². The highest BCUT2D eigenvalue weighted by Crippen LogP contribution is 2.33. The van der Waals surface area contributed by atoms with Crippen LogP contribution in [0.25, 0.3) is 0 Å². The van der Waals surface area contributed by atoms with E-state index in [0.717, 1.165) is 49.9 Å². The molecule has 0 N–H and O–H groups in total. The Kier molecular flexibility index (Phi) is 5.77. The maximum absolute atomic E-state index is 5.82. The fourth-order valence-corrected chi connectivity index (χ4v) is 2.80. The van der Waals surface area contributed by atoms with Gasteiger partial charge in [0.15, 0.2) is 11.6 Å². The summed E-state index contributed by atoms with van der Waals surface area (Å²) in [6.07, 6.45) is 7.56. The van der Waals surface area contributed by atoms with E-state index in [-0.39, 0.29) is 0 Å². The van der Waals surface area contributed by atoms with Crippen molar-refractivity contribution in [3.05, 3.63) is 18.3 Å². The third-order valence-corrected chi connectivity index (χ3v) is 3.80. The molecular weight excluding hydrogens is 260 g/mol. The zero-order chi connectivity index (χ0) is 13.5. The summed E-state index contributed by atoms with van der Waals surface area (Å²) >= 11 is 5.81. The van der Waals surface area contributed by atoms with Crippen molar-refractivity contribution in [2.24, 2.45) is 0 Å². The molecule has 0 bridgehead atoms. The van der Waals surface area contributed by atoms with Crippen LogP contribution in [0, 0.1) is 0 Å². The molecule has 19 heavy (non-hydrogen) atoms. The Morgan fingerprint density at radius 1 is 1.53 bits per heavy atom. The van der Waals surface area contributed by atoms with Gasteiger partial charge in [0.25, 0.3) is 0 Å². The molecule has 0 amide bonds. The molecule has 3 nitrogen and oxygen atoms in total. The van der Waals surface area contributed by atoms with Gasteiger partial charge in [-0.1, -0.05) is 6.92 Å². The number of pyridine rings is 1.